The van der Waals surface area contributed by atoms with Crippen molar-refractivity contribution in [3.63, 3.8) is 0 Å². The zero-order valence-corrected chi connectivity index (χ0v) is 20.8. The van der Waals surface area contributed by atoms with Gasteiger partial charge in [0.15, 0.2) is 0 Å². The third-order valence-electron chi connectivity index (χ3n) is 8.00. The molecule has 3 nitrogen and oxygen atoms in total. The average molecular weight is 422 g/mol. The number of esters is 1. The van der Waals surface area contributed by atoms with E-state index in [1.807, 2.05) is 14.1 Å². The van der Waals surface area contributed by atoms with Crippen LogP contribution in [0, 0.1) is 35.5 Å². The lowest BCUT2D eigenvalue weighted by molar-refractivity contribution is -0.143. The van der Waals surface area contributed by atoms with Crippen LogP contribution < -0.4 is 0 Å². The van der Waals surface area contributed by atoms with Crippen molar-refractivity contribution < 1.29 is 9.53 Å². The van der Waals surface area contributed by atoms with Gasteiger partial charge in [0.25, 0.3) is 0 Å². The van der Waals surface area contributed by atoms with Crippen molar-refractivity contribution in [1.29, 1.82) is 0 Å². The highest BCUT2D eigenvalue weighted by atomic mass is 16.5. The smallest absolute Gasteiger partial charge is 0.305 e. The summed E-state index contributed by atoms with van der Waals surface area (Å²) < 4.78 is 5.29. The summed E-state index contributed by atoms with van der Waals surface area (Å²) in [5, 5.41) is 0. The molecule has 0 saturated heterocycles. The van der Waals surface area contributed by atoms with E-state index in [1.165, 1.54) is 57.8 Å². The van der Waals surface area contributed by atoms with Gasteiger partial charge >= 0.3 is 5.97 Å². The van der Waals surface area contributed by atoms with Crippen molar-refractivity contribution >= 4 is 5.97 Å². The highest BCUT2D eigenvalue weighted by Gasteiger charge is 2.45. The highest BCUT2D eigenvalue weighted by Crippen LogP contribution is 2.55. The van der Waals surface area contributed by atoms with Crippen LogP contribution in [0.15, 0.2) is 0 Å². The SMILES string of the molecule is CCC(C)C(C)CC1CC1CC1CC1CCCCCCCC(=O)OCCCN(C)C. The molecule has 0 bridgehead atoms. The van der Waals surface area contributed by atoms with Gasteiger partial charge in [-0.25, -0.2) is 0 Å². The number of carbonyl (C=O) groups is 1. The summed E-state index contributed by atoms with van der Waals surface area (Å²) >= 11 is 0. The summed E-state index contributed by atoms with van der Waals surface area (Å²) in [6.07, 6.45) is 16.6. The van der Waals surface area contributed by atoms with E-state index in [1.54, 1.807) is 6.42 Å². The third kappa shape index (κ3) is 10.6. The molecule has 6 atom stereocenters. The van der Waals surface area contributed by atoms with Crippen LogP contribution in [0.3, 0.4) is 0 Å². The van der Waals surface area contributed by atoms with Gasteiger partial charge in [-0.1, -0.05) is 59.3 Å². The molecule has 2 fully saturated rings. The van der Waals surface area contributed by atoms with Crippen LogP contribution in [0.25, 0.3) is 0 Å². The van der Waals surface area contributed by atoms with Crippen molar-refractivity contribution in [3.05, 3.63) is 0 Å². The fourth-order valence-electron chi connectivity index (χ4n) is 5.19. The zero-order chi connectivity index (χ0) is 21.9. The molecule has 0 aromatic rings. The van der Waals surface area contributed by atoms with E-state index >= 15 is 0 Å². The first-order chi connectivity index (χ1) is 14.4. The van der Waals surface area contributed by atoms with Gasteiger partial charge in [0.05, 0.1) is 6.61 Å². The van der Waals surface area contributed by atoms with Crippen LogP contribution >= 0.6 is 0 Å². The van der Waals surface area contributed by atoms with E-state index in [-0.39, 0.29) is 5.97 Å². The molecular weight excluding hydrogens is 370 g/mol. The van der Waals surface area contributed by atoms with Crippen LogP contribution in [0.4, 0.5) is 0 Å². The van der Waals surface area contributed by atoms with E-state index in [0.717, 1.165) is 54.9 Å². The predicted octanol–water partition coefficient (Wildman–Crippen LogP) is 6.95. The van der Waals surface area contributed by atoms with Gasteiger partial charge in [0.2, 0.25) is 0 Å². The average Bonchev–Trinajstić information content (AvgIpc) is 3.62. The Bertz CT molecular complexity index is 477. The molecule has 0 radical (unpaired) electrons. The van der Waals surface area contributed by atoms with Crippen LogP contribution in [-0.4, -0.2) is 38.1 Å². The van der Waals surface area contributed by atoms with Gasteiger partial charge in [-0.05, 0) is 88.1 Å². The maximum Gasteiger partial charge on any atom is 0.305 e. The molecule has 0 N–H and O–H groups in total. The molecule has 0 heterocycles. The highest BCUT2D eigenvalue weighted by molar-refractivity contribution is 5.69. The molecule has 0 aromatic carbocycles. The Balaban J connectivity index is 1.36. The second-order valence-corrected chi connectivity index (χ2v) is 11.0. The van der Waals surface area contributed by atoms with Gasteiger partial charge in [0, 0.05) is 13.0 Å². The zero-order valence-electron chi connectivity index (χ0n) is 20.8. The van der Waals surface area contributed by atoms with Crippen molar-refractivity contribution in [3.8, 4) is 0 Å². The Morgan fingerprint density at radius 3 is 2.30 bits per heavy atom. The number of unbranched alkanes of at least 4 members (excludes halogenated alkanes) is 4. The Morgan fingerprint density at radius 1 is 0.900 bits per heavy atom. The normalized spacial score (nSPS) is 27.1. The van der Waals surface area contributed by atoms with Gasteiger partial charge < -0.3 is 9.64 Å². The van der Waals surface area contributed by atoms with Gasteiger partial charge in [0.1, 0.15) is 0 Å². The van der Waals surface area contributed by atoms with Gasteiger partial charge in [-0.15, -0.1) is 0 Å². The van der Waals surface area contributed by atoms with Crippen molar-refractivity contribution in [2.24, 2.45) is 35.5 Å². The standard InChI is InChI=1S/C27H51NO2/c1-6-21(2)22(3)17-24-19-26(24)20-25-18-23(25)13-10-8-7-9-11-14-27(29)30-16-12-15-28(4)5/h21-26H,6-20H2,1-5H3. The summed E-state index contributed by atoms with van der Waals surface area (Å²) in [7, 11) is 4.09. The molecule has 30 heavy (non-hydrogen) atoms. The lowest BCUT2D eigenvalue weighted by Crippen LogP contribution is -2.16. The number of nitrogens with zero attached hydrogens (tertiary/aromatic N) is 1. The molecular formula is C27H51NO2. The molecule has 2 aliphatic rings. The van der Waals surface area contributed by atoms with Crippen molar-refractivity contribution in [2.45, 2.75) is 104 Å². The van der Waals surface area contributed by atoms with Crippen LogP contribution in [-0.2, 0) is 9.53 Å². The van der Waals surface area contributed by atoms with Gasteiger partial charge in [-0.3, -0.25) is 4.79 Å². The summed E-state index contributed by atoms with van der Waals surface area (Å²) in [5.41, 5.74) is 0. The number of carbonyl (C=O) groups excluding carboxylic acids is 1. The molecule has 2 aliphatic carbocycles. The molecule has 0 amide bonds. The first kappa shape index (κ1) is 25.7. The topological polar surface area (TPSA) is 29.5 Å². The summed E-state index contributed by atoms with van der Waals surface area (Å²) in [4.78, 5) is 13.8. The summed E-state index contributed by atoms with van der Waals surface area (Å²) in [6, 6.07) is 0. The third-order valence-corrected chi connectivity index (χ3v) is 8.00. The summed E-state index contributed by atoms with van der Waals surface area (Å²) in [5.74, 6) is 6.08. The molecule has 2 rings (SSSR count). The van der Waals surface area contributed by atoms with E-state index in [9.17, 15) is 4.79 Å². The first-order valence-corrected chi connectivity index (χ1v) is 13.2. The number of ether oxygens (including phenoxy) is 1. The predicted molar refractivity (Wildman–Crippen MR) is 127 cm³/mol. The van der Waals surface area contributed by atoms with Crippen molar-refractivity contribution in [2.75, 3.05) is 27.2 Å². The molecule has 176 valence electrons. The fourth-order valence-corrected chi connectivity index (χ4v) is 5.19. The van der Waals surface area contributed by atoms with Crippen molar-refractivity contribution in [1.82, 2.24) is 4.90 Å². The van der Waals surface area contributed by atoms with Crippen LogP contribution in [0.1, 0.15) is 104 Å². The summed E-state index contributed by atoms with van der Waals surface area (Å²) in [6.45, 7) is 8.78. The number of hydrogen-bond acceptors (Lipinski definition) is 3. The van der Waals surface area contributed by atoms with E-state index in [4.69, 9.17) is 4.74 Å². The van der Waals surface area contributed by atoms with Crippen LogP contribution in [0.2, 0.25) is 0 Å². The fraction of sp³-hybridized carbons (Fsp3) is 0.963. The molecule has 0 spiro atoms. The molecule has 2 saturated carbocycles. The Hall–Kier alpha value is -0.570. The maximum absolute atomic E-state index is 11.7. The van der Waals surface area contributed by atoms with E-state index in [2.05, 4.69) is 25.7 Å². The first-order valence-electron chi connectivity index (χ1n) is 13.2. The number of hydrogen-bond donors (Lipinski definition) is 0. The van der Waals surface area contributed by atoms with Gasteiger partial charge in [-0.2, -0.15) is 0 Å². The Kier molecular flexibility index (Phi) is 11.8. The maximum atomic E-state index is 11.7. The lowest BCUT2D eigenvalue weighted by atomic mass is 9.88. The quantitative estimate of drug-likeness (QED) is 0.177. The monoisotopic (exact) mass is 421 g/mol. The Labute approximate surface area is 187 Å². The molecule has 6 unspecified atom stereocenters. The second kappa shape index (κ2) is 13.8. The minimum Gasteiger partial charge on any atom is -0.466 e. The largest absolute Gasteiger partial charge is 0.466 e. The van der Waals surface area contributed by atoms with Crippen LogP contribution in [0.5, 0.6) is 0 Å². The molecule has 0 aliphatic heterocycles. The second-order valence-electron chi connectivity index (χ2n) is 11.0. The molecule has 0 aromatic heterocycles. The molecule has 3 heteroatoms. The minimum atomic E-state index is -0.00787. The van der Waals surface area contributed by atoms with E-state index < -0.39 is 0 Å². The minimum absolute atomic E-state index is 0.00787. The lowest BCUT2D eigenvalue weighted by Gasteiger charge is -2.18. The number of rotatable bonds is 18. The van der Waals surface area contributed by atoms with E-state index in [0.29, 0.717) is 13.0 Å². The Morgan fingerprint density at radius 2 is 1.57 bits per heavy atom.